The van der Waals surface area contributed by atoms with Gasteiger partial charge in [-0.25, -0.2) is 0 Å². The van der Waals surface area contributed by atoms with Crippen LogP contribution in [-0.2, 0) is 0 Å². The van der Waals surface area contributed by atoms with Crippen molar-refractivity contribution in [1.82, 2.24) is 10.6 Å². The molecule has 0 radical (unpaired) electrons. The zero-order valence-corrected chi connectivity index (χ0v) is 17.0. The second-order valence-electron chi connectivity index (χ2n) is 6.40. The highest BCUT2D eigenvalue weighted by Crippen LogP contribution is 2.15. The number of hydrogen-bond acceptors (Lipinski definition) is 2. The molecule has 2 unspecified atom stereocenters. The van der Waals surface area contributed by atoms with Gasteiger partial charge >= 0.3 is 0 Å². The van der Waals surface area contributed by atoms with E-state index in [2.05, 4.69) is 52.2 Å². The molecule has 0 saturated carbocycles. The molecule has 0 bridgehead atoms. The molecule has 5 heteroatoms. The SMILES string of the molecule is CCNC(=NCC(CCO)CC(C)C)NC(C)C(C)C.I. The number of guanidine groups is 1. The summed E-state index contributed by atoms with van der Waals surface area (Å²) in [5.41, 5.74) is 0. The van der Waals surface area contributed by atoms with Crippen molar-refractivity contribution in [3.63, 3.8) is 0 Å². The van der Waals surface area contributed by atoms with Gasteiger partial charge in [0.05, 0.1) is 0 Å². The van der Waals surface area contributed by atoms with Gasteiger partial charge in [0.1, 0.15) is 0 Å². The van der Waals surface area contributed by atoms with Gasteiger partial charge < -0.3 is 15.7 Å². The number of nitrogens with zero attached hydrogens (tertiary/aromatic N) is 1. The van der Waals surface area contributed by atoms with Crippen LogP contribution in [0.25, 0.3) is 0 Å². The minimum atomic E-state index is 0. The Morgan fingerprint density at radius 3 is 2.19 bits per heavy atom. The molecule has 0 amide bonds. The normalized spacial score (nSPS) is 14.8. The minimum absolute atomic E-state index is 0. The Kier molecular flexibility index (Phi) is 15.1. The van der Waals surface area contributed by atoms with Crippen LogP contribution in [0.5, 0.6) is 0 Å². The molecule has 0 rings (SSSR count). The number of aliphatic imine (C=N–C) groups is 1. The molecule has 0 fully saturated rings. The van der Waals surface area contributed by atoms with Gasteiger partial charge in [-0.15, -0.1) is 24.0 Å². The van der Waals surface area contributed by atoms with Crippen LogP contribution in [0, 0.1) is 17.8 Å². The minimum Gasteiger partial charge on any atom is -0.396 e. The third-order valence-corrected chi connectivity index (χ3v) is 3.56. The van der Waals surface area contributed by atoms with Crippen LogP contribution in [-0.4, -0.2) is 36.8 Å². The van der Waals surface area contributed by atoms with Gasteiger partial charge in [-0.1, -0.05) is 27.7 Å². The number of aliphatic hydroxyl groups is 1. The monoisotopic (exact) mass is 413 g/mol. The first kappa shape index (κ1) is 23.2. The van der Waals surface area contributed by atoms with Crippen LogP contribution < -0.4 is 10.6 Å². The van der Waals surface area contributed by atoms with E-state index in [-0.39, 0.29) is 30.6 Å². The van der Waals surface area contributed by atoms with Gasteiger partial charge in [0.2, 0.25) is 0 Å². The number of halogens is 1. The molecule has 0 aliphatic rings. The van der Waals surface area contributed by atoms with E-state index in [0.717, 1.165) is 31.9 Å². The summed E-state index contributed by atoms with van der Waals surface area (Å²) >= 11 is 0. The van der Waals surface area contributed by atoms with Crippen molar-refractivity contribution in [2.45, 2.75) is 60.4 Å². The van der Waals surface area contributed by atoms with Crippen LogP contribution in [0.4, 0.5) is 0 Å². The molecule has 4 nitrogen and oxygen atoms in total. The second kappa shape index (κ2) is 13.6. The molecule has 21 heavy (non-hydrogen) atoms. The van der Waals surface area contributed by atoms with E-state index >= 15 is 0 Å². The first-order valence-electron chi connectivity index (χ1n) is 8.06. The Bertz CT molecular complexity index is 270. The molecule has 0 spiro atoms. The number of nitrogens with one attached hydrogen (secondary N) is 2. The maximum atomic E-state index is 9.16. The van der Waals surface area contributed by atoms with Gasteiger partial charge in [0.25, 0.3) is 0 Å². The average molecular weight is 413 g/mol. The van der Waals surface area contributed by atoms with Crippen molar-refractivity contribution >= 4 is 29.9 Å². The lowest BCUT2D eigenvalue weighted by Crippen LogP contribution is -2.44. The largest absolute Gasteiger partial charge is 0.396 e. The van der Waals surface area contributed by atoms with Gasteiger partial charge in [0, 0.05) is 25.7 Å². The van der Waals surface area contributed by atoms with E-state index in [4.69, 9.17) is 10.1 Å². The van der Waals surface area contributed by atoms with Crippen molar-refractivity contribution in [2.24, 2.45) is 22.7 Å². The Labute approximate surface area is 148 Å². The summed E-state index contributed by atoms with van der Waals surface area (Å²) in [5, 5.41) is 15.9. The highest BCUT2D eigenvalue weighted by molar-refractivity contribution is 14.0. The lowest BCUT2D eigenvalue weighted by molar-refractivity contribution is 0.245. The molecule has 0 aromatic rings. The van der Waals surface area contributed by atoms with Crippen LogP contribution in [0.2, 0.25) is 0 Å². The highest BCUT2D eigenvalue weighted by Gasteiger charge is 2.12. The summed E-state index contributed by atoms with van der Waals surface area (Å²) in [6.45, 7) is 15.0. The molecule has 0 heterocycles. The zero-order valence-electron chi connectivity index (χ0n) is 14.6. The first-order valence-corrected chi connectivity index (χ1v) is 8.06. The smallest absolute Gasteiger partial charge is 0.191 e. The fraction of sp³-hybridized carbons (Fsp3) is 0.938. The molecule has 0 aromatic heterocycles. The van der Waals surface area contributed by atoms with E-state index in [1.54, 1.807) is 0 Å². The summed E-state index contributed by atoms with van der Waals surface area (Å²) < 4.78 is 0. The van der Waals surface area contributed by atoms with E-state index in [9.17, 15) is 0 Å². The lowest BCUT2D eigenvalue weighted by Gasteiger charge is -2.22. The fourth-order valence-electron chi connectivity index (χ4n) is 2.06. The molecule has 0 aliphatic carbocycles. The molecule has 3 N–H and O–H groups in total. The van der Waals surface area contributed by atoms with E-state index in [0.29, 0.717) is 23.8 Å². The third kappa shape index (κ3) is 12.2. The van der Waals surface area contributed by atoms with Gasteiger partial charge in [-0.3, -0.25) is 4.99 Å². The van der Waals surface area contributed by atoms with Gasteiger partial charge in [-0.05, 0) is 44.4 Å². The van der Waals surface area contributed by atoms with Gasteiger partial charge in [-0.2, -0.15) is 0 Å². The maximum absolute atomic E-state index is 9.16. The van der Waals surface area contributed by atoms with E-state index in [1.807, 2.05) is 0 Å². The van der Waals surface area contributed by atoms with Crippen molar-refractivity contribution in [1.29, 1.82) is 0 Å². The molecule has 2 atom stereocenters. The summed E-state index contributed by atoms with van der Waals surface area (Å²) in [6.07, 6.45) is 1.95. The quantitative estimate of drug-likeness (QED) is 0.309. The van der Waals surface area contributed by atoms with E-state index < -0.39 is 0 Å². The second-order valence-corrected chi connectivity index (χ2v) is 6.40. The highest BCUT2D eigenvalue weighted by atomic mass is 127. The van der Waals surface area contributed by atoms with Crippen LogP contribution in [0.1, 0.15) is 54.4 Å². The summed E-state index contributed by atoms with van der Waals surface area (Å²) in [4.78, 5) is 4.69. The number of aliphatic hydroxyl groups excluding tert-OH is 1. The number of rotatable bonds is 9. The summed E-state index contributed by atoms with van der Waals surface area (Å²) in [5.74, 6) is 2.57. The number of hydrogen-bond donors (Lipinski definition) is 3. The molecule has 0 aliphatic heterocycles. The molecule has 0 saturated heterocycles. The topological polar surface area (TPSA) is 56.7 Å². The summed E-state index contributed by atoms with van der Waals surface area (Å²) in [7, 11) is 0. The van der Waals surface area contributed by atoms with Gasteiger partial charge in [0.15, 0.2) is 5.96 Å². The Balaban J connectivity index is 0. The zero-order chi connectivity index (χ0) is 15.5. The van der Waals surface area contributed by atoms with Crippen LogP contribution in [0.15, 0.2) is 4.99 Å². The first-order chi connectivity index (χ1) is 9.40. The van der Waals surface area contributed by atoms with Crippen LogP contribution in [0.3, 0.4) is 0 Å². The predicted molar refractivity (Wildman–Crippen MR) is 103 cm³/mol. The van der Waals surface area contributed by atoms with Crippen molar-refractivity contribution < 1.29 is 5.11 Å². The molecular weight excluding hydrogens is 377 g/mol. The Morgan fingerprint density at radius 1 is 1.14 bits per heavy atom. The third-order valence-electron chi connectivity index (χ3n) is 3.56. The van der Waals surface area contributed by atoms with E-state index in [1.165, 1.54) is 0 Å². The molecule has 0 aromatic carbocycles. The van der Waals surface area contributed by atoms with Crippen molar-refractivity contribution in [3.05, 3.63) is 0 Å². The average Bonchev–Trinajstić information content (AvgIpc) is 2.35. The molecular formula is C16H36IN3O. The molecule has 128 valence electrons. The van der Waals surface area contributed by atoms with Crippen LogP contribution >= 0.6 is 24.0 Å². The maximum Gasteiger partial charge on any atom is 0.191 e. The Hall–Kier alpha value is -0.0400. The fourth-order valence-corrected chi connectivity index (χ4v) is 2.06. The lowest BCUT2D eigenvalue weighted by atomic mass is 9.94. The van der Waals surface area contributed by atoms with Crippen molar-refractivity contribution in [3.8, 4) is 0 Å². The van der Waals surface area contributed by atoms with Crippen molar-refractivity contribution in [2.75, 3.05) is 19.7 Å². The summed E-state index contributed by atoms with van der Waals surface area (Å²) in [6, 6.07) is 0.397. The predicted octanol–water partition coefficient (Wildman–Crippen LogP) is 3.25. The Morgan fingerprint density at radius 2 is 1.76 bits per heavy atom. The standard InChI is InChI=1S/C16H35N3O.HI/c1-7-17-16(19-14(6)13(4)5)18-11-15(8-9-20)10-12(2)3;/h12-15,20H,7-11H2,1-6H3,(H2,17,18,19);1H.